The Balaban J connectivity index is 1.61. The van der Waals surface area contributed by atoms with Gasteiger partial charge in [0, 0.05) is 12.5 Å². The zero-order valence-electron chi connectivity index (χ0n) is 15.3. The van der Waals surface area contributed by atoms with Crippen LogP contribution in [0.5, 0.6) is 17.2 Å². The van der Waals surface area contributed by atoms with Crippen molar-refractivity contribution in [1.82, 2.24) is 0 Å². The molecule has 0 spiro atoms. The topological polar surface area (TPSA) is 69.5 Å². The van der Waals surface area contributed by atoms with Crippen LogP contribution in [0.25, 0.3) is 0 Å². The summed E-state index contributed by atoms with van der Waals surface area (Å²) in [5.41, 5.74) is 1.53. The number of ether oxygens (including phenoxy) is 3. The summed E-state index contributed by atoms with van der Waals surface area (Å²) in [6.45, 7) is 5.54. The molecule has 2 aromatic rings. The number of fused-ring (bicyclic) bond motifs is 2. The molecule has 0 N–H and O–H groups in total. The summed E-state index contributed by atoms with van der Waals surface area (Å²) in [4.78, 5) is 11.5. The Labute approximate surface area is 158 Å². The highest BCUT2D eigenvalue weighted by Gasteiger charge is 2.15. The van der Waals surface area contributed by atoms with Gasteiger partial charge in [0.2, 0.25) is 6.29 Å². The summed E-state index contributed by atoms with van der Waals surface area (Å²) < 4.78 is 16.9. The minimum Gasteiger partial charge on any atom is -0.455 e. The number of benzene rings is 2. The van der Waals surface area contributed by atoms with Crippen molar-refractivity contribution in [2.45, 2.75) is 38.9 Å². The standard InChI is InChI=1S/C21H22N2O4/c1-3-5-6-7-21(27-20(24)4-2)26-17-11-9-16(10-12-17)25-19-13-8-15-14-18(19)23-22-15/h4,8-14,21H,2-3,5-7H2,1H3. The summed E-state index contributed by atoms with van der Waals surface area (Å²) in [6, 6.07) is 12.7. The summed E-state index contributed by atoms with van der Waals surface area (Å²) in [5, 5.41) is 8.04. The predicted molar refractivity (Wildman–Crippen MR) is 102 cm³/mol. The first-order chi connectivity index (χ1) is 13.2. The molecule has 0 aromatic heterocycles. The number of unbranched alkanes of at least 4 members (excludes halogenated alkanes) is 2. The molecule has 1 aliphatic rings. The molecule has 0 saturated heterocycles. The molecular weight excluding hydrogens is 344 g/mol. The Morgan fingerprint density at radius 1 is 1.11 bits per heavy atom. The summed E-state index contributed by atoms with van der Waals surface area (Å²) >= 11 is 0. The monoisotopic (exact) mass is 366 g/mol. The number of rotatable bonds is 10. The first-order valence-electron chi connectivity index (χ1n) is 9.01. The van der Waals surface area contributed by atoms with Gasteiger partial charge in [0.25, 0.3) is 0 Å². The number of azo groups is 1. The van der Waals surface area contributed by atoms with Gasteiger partial charge in [0.05, 0.1) is 5.69 Å². The van der Waals surface area contributed by atoms with Crippen molar-refractivity contribution in [2.75, 3.05) is 0 Å². The fourth-order valence-electron chi connectivity index (χ4n) is 2.59. The molecule has 6 nitrogen and oxygen atoms in total. The second-order valence-electron chi connectivity index (χ2n) is 6.11. The first-order valence-corrected chi connectivity index (χ1v) is 9.01. The number of carbonyl (C=O) groups is 1. The van der Waals surface area contributed by atoms with Crippen LogP contribution < -0.4 is 9.47 Å². The van der Waals surface area contributed by atoms with E-state index in [2.05, 4.69) is 23.7 Å². The maximum absolute atomic E-state index is 11.5. The third-order valence-electron chi connectivity index (χ3n) is 3.99. The molecule has 0 radical (unpaired) electrons. The summed E-state index contributed by atoms with van der Waals surface area (Å²) in [5.74, 6) is 1.40. The fraction of sp³-hybridized carbons (Fsp3) is 0.286. The highest BCUT2D eigenvalue weighted by Crippen LogP contribution is 2.40. The lowest BCUT2D eigenvalue weighted by Crippen LogP contribution is -2.23. The van der Waals surface area contributed by atoms with Gasteiger partial charge in [-0.25, -0.2) is 4.79 Å². The molecule has 2 bridgehead atoms. The third-order valence-corrected chi connectivity index (χ3v) is 3.99. The maximum atomic E-state index is 11.5. The van der Waals surface area contributed by atoms with Crippen molar-refractivity contribution >= 4 is 17.3 Å². The van der Waals surface area contributed by atoms with Crippen molar-refractivity contribution in [2.24, 2.45) is 10.2 Å². The van der Waals surface area contributed by atoms with E-state index in [4.69, 9.17) is 14.2 Å². The first kappa shape index (κ1) is 18.6. The van der Waals surface area contributed by atoms with Gasteiger partial charge in [0.1, 0.15) is 17.2 Å². The zero-order valence-corrected chi connectivity index (χ0v) is 15.3. The van der Waals surface area contributed by atoms with E-state index in [0.29, 0.717) is 29.4 Å². The van der Waals surface area contributed by atoms with E-state index in [-0.39, 0.29) is 0 Å². The minimum absolute atomic E-state index is 0.493. The molecule has 1 heterocycles. The van der Waals surface area contributed by atoms with Crippen LogP contribution in [-0.2, 0) is 9.53 Å². The molecule has 3 rings (SSSR count). The van der Waals surface area contributed by atoms with Crippen molar-refractivity contribution in [1.29, 1.82) is 0 Å². The molecule has 1 unspecified atom stereocenters. The van der Waals surface area contributed by atoms with Gasteiger partial charge in [-0.05, 0) is 48.9 Å². The van der Waals surface area contributed by atoms with Crippen molar-refractivity contribution < 1.29 is 19.0 Å². The highest BCUT2D eigenvalue weighted by molar-refractivity contribution is 5.81. The predicted octanol–water partition coefficient (Wildman–Crippen LogP) is 6.22. The van der Waals surface area contributed by atoms with Crippen LogP contribution in [-0.4, -0.2) is 12.3 Å². The van der Waals surface area contributed by atoms with Gasteiger partial charge in [-0.2, -0.15) is 5.11 Å². The minimum atomic E-state index is -0.637. The molecule has 27 heavy (non-hydrogen) atoms. The van der Waals surface area contributed by atoms with E-state index in [0.717, 1.165) is 31.0 Å². The van der Waals surface area contributed by atoms with Gasteiger partial charge in [-0.1, -0.05) is 26.3 Å². The van der Waals surface area contributed by atoms with Crippen LogP contribution >= 0.6 is 0 Å². The van der Waals surface area contributed by atoms with Gasteiger partial charge in [-0.15, -0.1) is 5.11 Å². The Morgan fingerprint density at radius 3 is 2.63 bits per heavy atom. The van der Waals surface area contributed by atoms with E-state index in [1.807, 2.05) is 18.2 Å². The van der Waals surface area contributed by atoms with Gasteiger partial charge < -0.3 is 14.2 Å². The molecule has 1 atom stereocenters. The van der Waals surface area contributed by atoms with Crippen molar-refractivity contribution in [3.63, 3.8) is 0 Å². The number of hydrogen-bond acceptors (Lipinski definition) is 6. The van der Waals surface area contributed by atoms with Crippen molar-refractivity contribution in [3.8, 4) is 17.2 Å². The lowest BCUT2D eigenvalue weighted by atomic mass is 10.2. The van der Waals surface area contributed by atoms with E-state index in [1.54, 1.807) is 24.3 Å². The van der Waals surface area contributed by atoms with Crippen molar-refractivity contribution in [3.05, 3.63) is 55.1 Å². The number of nitrogens with zero attached hydrogens (tertiary/aromatic N) is 2. The van der Waals surface area contributed by atoms with E-state index >= 15 is 0 Å². The van der Waals surface area contributed by atoms with Gasteiger partial charge in [-0.3, -0.25) is 0 Å². The Bertz CT molecular complexity index is 831. The second-order valence-corrected chi connectivity index (χ2v) is 6.11. The number of esters is 1. The molecule has 0 saturated carbocycles. The fourth-order valence-corrected chi connectivity index (χ4v) is 2.59. The Hall–Kier alpha value is -3.15. The molecule has 0 aliphatic carbocycles. The van der Waals surface area contributed by atoms with Crippen LogP contribution in [0.15, 0.2) is 65.3 Å². The van der Waals surface area contributed by atoms with E-state index < -0.39 is 12.3 Å². The van der Waals surface area contributed by atoms with E-state index in [1.165, 1.54) is 0 Å². The molecule has 6 heteroatoms. The van der Waals surface area contributed by atoms with Crippen LogP contribution in [0, 0.1) is 0 Å². The molecule has 2 aromatic carbocycles. The average Bonchev–Trinajstić information content (AvgIpc) is 3.07. The SMILES string of the molecule is C=CC(=O)OC(CCCCC)Oc1ccc(Oc2ccc3cc2N=N3)cc1. The quantitative estimate of drug-likeness (QED) is 0.185. The van der Waals surface area contributed by atoms with E-state index in [9.17, 15) is 4.79 Å². The smallest absolute Gasteiger partial charge is 0.333 e. The molecular formula is C21H22N2O4. The molecule has 0 amide bonds. The normalized spacial score (nSPS) is 12.5. The molecule has 0 fully saturated rings. The van der Waals surface area contributed by atoms with Crippen LogP contribution in [0.4, 0.5) is 11.4 Å². The maximum Gasteiger partial charge on any atom is 0.333 e. The largest absolute Gasteiger partial charge is 0.455 e. The zero-order chi connectivity index (χ0) is 19.1. The number of hydrogen-bond donors (Lipinski definition) is 0. The summed E-state index contributed by atoms with van der Waals surface area (Å²) in [6.07, 6.45) is 4.18. The summed E-state index contributed by atoms with van der Waals surface area (Å²) in [7, 11) is 0. The Morgan fingerprint density at radius 2 is 1.89 bits per heavy atom. The van der Waals surface area contributed by atoms with Crippen LogP contribution in [0.2, 0.25) is 0 Å². The lowest BCUT2D eigenvalue weighted by Gasteiger charge is -2.19. The lowest BCUT2D eigenvalue weighted by molar-refractivity contribution is -0.158. The highest BCUT2D eigenvalue weighted by atomic mass is 16.7. The van der Waals surface area contributed by atoms with Gasteiger partial charge in [0.15, 0.2) is 5.75 Å². The average molecular weight is 366 g/mol. The second kappa shape index (κ2) is 8.98. The van der Waals surface area contributed by atoms with Gasteiger partial charge >= 0.3 is 5.97 Å². The number of carbonyl (C=O) groups excluding carboxylic acids is 1. The molecule has 1 aliphatic heterocycles. The van der Waals surface area contributed by atoms with Crippen LogP contribution in [0.3, 0.4) is 0 Å². The van der Waals surface area contributed by atoms with Crippen LogP contribution in [0.1, 0.15) is 32.6 Å². The third kappa shape index (κ3) is 5.17. The Kier molecular flexibility index (Phi) is 6.20. The molecule has 140 valence electrons.